The maximum Gasteiger partial charge on any atom is 0.338 e. The lowest BCUT2D eigenvalue weighted by Crippen LogP contribution is -2.20. The number of primary amides is 1. The van der Waals surface area contributed by atoms with Gasteiger partial charge in [-0.2, -0.15) is 0 Å². The lowest BCUT2D eigenvalue weighted by Gasteiger charge is -2.13. The zero-order chi connectivity index (χ0) is 14.5. The van der Waals surface area contributed by atoms with Crippen molar-refractivity contribution < 1.29 is 19.1 Å². The number of esters is 1. The van der Waals surface area contributed by atoms with Gasteiger partial charge in [0.15, 0.2) is 6.61 Å². The molecular weight excluding hydrogens is 260 g/mol. The molecule has 1 saturated carbocycles. The number of nitrogens with two attached hydrogens (primary N) is 2. The van der Waals surface area contributed by atoms with E-state index in [1.165, 1.54) is 6.07 Å². The Bertz CT molecular complexity index is 510. The van der Waals surface area contributed by atoms with Gasteiger partial charge in [-0.05, 0) is 43.9 Å². The van der Waals surface area contributed by atoms with Gasteiger partial charge in [0.1, 0.15) is 11.9 Å². The fraction of sp³-hybridized carbons (Fsp3) is 0.429. The van der Waals surface area contributed by atoms with Gasteiger partial charge < -0.3 is 20.9 Å². The van der Waals surface area contributed by atoms with Crippen molar-refractivity contribution in [2.45, 2.75) is 31.8 Å². The van der Waals surface area contributed by atoms with Gasteiger partial charge in [-0.25, -0.2) is 4.79 Å². The Morgan fingerprint density at radius 1 is 1.25 bits per heavy atom. The van der Waals surface area contributed by atoms with Gasteiger partial charge in [0.05, 0.1) is 11.3 Å². The number of hydrogen-bond acceptors (Lipinski definition) is 5. The number of ether oxygens (including phenoxy) is 2. The SMILES string of the molecule is NC(=O)COc1cc(C(=O)OC2CCCC2)ccc1N. The van der Waals surface area contributed by atoms with Gasteiger partial charge in [-0.1, -0.05) is 0 Å². The molecule has 2 rings (SSSR count). The van der Waals surface area contributed by atoms with Crippen molar-refractivity contribution in [2.75, 3.05) is 12.3 Å². The van der Waals surface area contributed by atoms with Gasteiger partial charge in [0, 0.05) is 0 Å². The van der Waals surface area contributed by atoms with Crippen LogP contribution in [0.15, 0.2) is 18.2 Å². The first kappa shape index (κ1) is 14.2. The molecule has 1 aliphatic rings. The van der Waals surface area contributed by atoms with Crippen molar-refractivity contribution in [3.05, 3.63) is 23.8 Å². The standard InChI is InChI=1S/C14H18N2O4/c15-11-6-5-9(7-12(11)19-8-13(16)17)14(18)20-10-3-1-2-4-10/h5-7,10H,1-4,8,15H2,(H2,16,17). The number of amides is 1. The number of hydrogen-bond donors (Lipinski definition) is 2. The van der Waals surface area contributed by atoms with Crippen molar-refractivity contribution in [1.82, 2.24) is 0 Å². The third kappa shape index (κ3) is 3.63. The number of carbonyl (C=O) groups is 2. The van der Waals surface area contributed by atoms with Gasteiger partial charge in [-0.3, -0.25) is 4.79 Å². The molecule has 0 atom stereocenters. The van der Waals surface area contributed by atoms with Crippen LogP contribution in [0.4, 0.5) is 5.69 Å². The summed E-state index contributed by atoms with van der Waals surface area (Å²) < 4.78 is 10.5. The third-order valence-corrected chi connectivity index (χ3v) is 3.20. The van der Waals surface area contributed by atoms with E-state index in [2.05, 4.69) is 0 Å². The Labute approximate surface area is 117 Å². The van der Waals surface area contributed by atoms with Crippen molar-refractivity contribution in [3.8, 4) is 5.75 Å². The van der Waals surface area contributed by atoms with E-state index in [0.29, 0.717) is 11.3 Å². The molecule has 6 heteroatoms. The number of benzene rings is 1. The van der Waals surface area contributed by atoms with E-state index < -0.39 is 11.9 Å². The van der Waals surface area contributed by atoms with Gasteiger partial charge in [0.25, 0.3) is 5.91 Å². The minimum atomic E-state index is -0.608. The quantitative estimate of drug-likeness (QED) is 0.622. The third-order valence-electron chi connectivity index (χ3n) is 3.20. The minimum Gasteiger partial charge on any atom is -0.482 e. The second-order valence-electron chi connectivity index (χ2n) is 4.82. The summed E-state index contributed by atoms with van der Waals surface area (Å²) in [5, 5.41) is 0. The summed E-state index contributed by atoms with van der Waals surface area (Å²) in [6, 6.07) is 4.58. The molecule has 0 radical (unpaired) electrons. The molecule has 0 unspecified atom stereocenters. The van der Waals surface area contributed by atoms with Crippen LogP contribution in [0.1, 0.15) is 36.0 Å². The molecule has 1 fully saturated rings. The first-order valence-corrected chi connectivity index (χ1v) is 6.58. The summed E-state index contributed by atoms with van der Waals surface area (Å²) in [7, 11) is 0. The molecular formula is C14H18N2O4. The fourth-order valence-electron chi connectivity index (χ4n) is 2.16. The van der Waals surface area contributed by atoms with Crippen LogP contribution in [0.25, 0.3) is 0 Å². The summed E-state index contributed by atoms with van der Waals surface area (Å²) in [5.41, 5.74) is 11.4. The minimum absolute atomic E-state index is 0.00459. The first-order chi connectivity index (χ1) is 9.56. The topological polar surface area (TPSA) is 105 Å². The molecule has 1 aromatic carbocycles. The van der Waals surface area contributed by atoms with Crippen LogP contribution in [0.3, 0.4) is 0 Å². The number of rotatable bonds is 5. The molecule has 6 nitrogen and oxygen atoms in total. The maximum absolute atomic E-state index is 12.0. The Kier molecular flexibility index (Phi) is 4.45. The molecule has 108 valence electrons. The molecule has 0 saturated heterocycles. The van der Waals surface area contributed by atoms with Crippen molar-refractivity contribution in [2.24, 2.45) is 5.73 Å². The lowest BCUT2D eigenvalue weighted by atomic mass is 10.2. The van der Waals surface area contributed by atoms with E-state index >= 15 is 0 Å². The summed E-state index contributed by atoms with van der Waals surface area (Å²) in [6.45, 7) is -0.286. The highest BCUT2D eigenvalue weighted by molar-refractivity contribution is 5.91. The van der Waals surface area contributed by atoms with Crippen LogP contribution in [0.2, 0.25) is 0 Å². The molecule has 0 bridgehead atoms. The van der Waals surface area contributed by atoms with Crippen LogP contribution >= 0.6 is 0 Å². The van der Waals surface area contributed by atoms with E-state index in [1.54, 1.807) is 12.1 Å². The molecule has 1 amide bonds. The monoisotopic (exact) mass is 278 g/mol. The molecule has 0 heterocycles. The van der Waals surface area contributed by atoms with Gasteiger partial charge in [0.2, 0.25) is 0 Å². The number of anilines is 1. The second kappa shape index (κ2) is 6.27. The number of nitrogen functional groups attached to an aromatic ring is 1. The Morgan fingerprint density at radius 2 is 1.95 bits per heavy atom. The van der Waals surface area contributed by atoms with Crippen molar-refractivity contribution in [3.63, 3.8) is 0 Å². The van der Waals surface area contributed by atoms with E-state index in [0.717, 1.165) is 25.7 Å². The van der Waals surface area contributed by atoms with Crippen LogP contribution in [-0.4, -0.2) is 24.6 Å². The Hall–Kier alpha value is -2.24. The van der Waals surface area contributed by atoms with Crippen LogP contribution in [0.5, 0.6) is 5.75 Å². The second-order valence-corrected chi connectivity index (χ2v) is 4.82. The largest absolute Gasteiger partial charge is 0.482 e. The highest BCUT2D eigenvalue weighted by Gasteiger charge is 2.20. The van der Waals surface area contributed by atoms with Crippen LogP contribution < -0.4 is 16.2 Å². The fourth-order valence-corrected chi connectivity index (χ4v) is 2.16. The predicted molar refractivity (Wildman–Crippen MR) is 73.2 cm³/mol. The average Bonchev–Trinajstić information content (AvgIpc) is 2.90. The molecule has 0 spiro atoms. The first-order valence-electron chi connectivity index (χ1n) is 6.58. The number of carbonyl (C=O) groups excluding carboxylic acids is 2. The van der Waals surface area contributed by atoms with E-state index in [1.807, 2.05) is 0 Å². The van der Waals surface area contributed by atoms with Gasteiger partial charge >= 0.3 is 5.97 Å². The van der Waals surface area contributed by atoms with Crippen LogP contribution in [-0.2, 0) is 9.53 Å². The van der Waals surface area contributed by atoms with Gasteiger partial charge in [-0.15, -0.1) is 0 Å². The summed E-state index contributed by atoms with van der Waals surface area (Å²) in [6.07, 6.45) is 3.99. The predicted octanol–water partition coefficient (Wildman–Crippen LogP) is 1.23. The molecule has 1 aliphatic carbocycles. The molecule has 1 aromatic rings. The summed E-state index contributed by atoms with van der Waals surface area (Å²) >= 11 is 0. The highest BCUT2D eigenvalue weighted by atomic mass is 16.5. The van der Waals surface area contributed by atoms with Crippen LogP contribution in [0, 0.1) is 0 Å². The van der Waals surface area contributed by atoms with Crippen molar-refractivity contribution in [1.29, 1.82) is 0 Å². The lowest BCUT2D eigenvalue weighted by molar-refractivity contribution is -0.119. The van der Waals surface area contributed by atoms with Crippen molar-refractivity contribution >= 4 is 17.6 Å². The molecule has 0 aromatic heterocycles. The zero-order valence-corrected chi connectivity index (χ0v) is 11.1. The van der Waals surface area contributed by atoms with E-state index in [9.17, 15) is 9.59 Å². The smallest absolute Gasteiger partial charge is 0.338 e. The Balaban J connectivity index is 2.05. The van der Waals surface area contributed by atoms with E-state index in [4.69, 9.17) is 20.9 Å². The molecule has 0 aliphatic heterocycles. The Morgan fingerprint density at radius 3 is 2.60 bits per heavy atom. The van der Waals surface area contributed by atoms with E-state index in [-0.39, 0.29) is 18.5 Å². The maximum atomic E-state index is 12.0. The summed E-state index contributed by atoms with van der Waals surface area (Å²) in [4.78, 5) is 22.7. The normalized spacial score (nSPS) is 15.0. The average molecular weight is 278 g/mol. The highest BCUT2D eigenvalue weighted by Crippen LogP contribution is 2.25. The zero-order valence-electron chi connectivity index (χ0n) is 11.1. The molecule has 20 heavy (non-hydrogen) atoms. The summed E-state index contributed by atoms with van der Waals surface area (Å²) in [5.74, 6) is -0.756. The molecule has 4 N–H and O–H groups in total.